The van der Waals surface area contributed by atoms with E-state index in [1.165, 1.54) is 16.2 Å². The number of aryl methyl sites for hydroxylation is 2. The minimum atomic E-state index is 0.917. The van der Waals surface area contributed by atoms with Gasteiger partial charge in [-0.15, -0.1) is 11.8 Å². The van der Waals surface area contributed by atoms with Crippen LogP contribution in [0.5, 0.6) is 0 Å². The highest BCUT2D eigenvalue weighted by molar-refractivity contribution is 7.99. The van der Waals surface area contributed by atoms with Gasteiger partial charge in [0.05, 0.1) is 12.2 Å². The summed E-state index contributed by atoms with van der Waals surface area (Å²) in [7, 11) is 0. The lowest BCUT2D eigenvalue weighted by Gasteiger charge is -2.06. The van der Waals surface area contributed by atoms with Crippen LogP contribution in [0.3, 0.4) is 0 Å². The molecule has 0 unspecified atom stereocenters. The van der Waals surface area contributed by atoms with Crippen LogP contribution in [-0.4, -0.2) is 22.1 Å². The molecule has 0 aliphatic heterocycles. The van der Waals surface area contributed by atoms with Crippen molar-refractivity contribution in [1.29, 1.82) is 0 Å². The molecular formula is C16H23N3S. The van der Waals surface area contributed by atoms with Crippen molar-refractivity contribution in [1.82, 2.24) is 15.1 Å². The van der Waals surface area contributed by atoms with Crippen molar-refractivity contribution in [2.75, 3.05) is 12.3 Å². The standard InChI is InChI=1S/C16H23N3S/c1-4-17-12-16-13(2)18-19(14(16)3)10-11-20-15-8-6-5-7-9-15/h5-9,17H,4,10-12H2,1-3H3. The Labute approximate surface area is 125 Å². The summed E-state index contributed by atoms with van der Waals surface area (Å²) in [6, 6.07) is 10.5. The quantitative estimate of drug-likeness (QED) is 0.792. The number of nitrogens with zero attached hydrogens (tertiary/aromatic N) is 2. The monoisotopic (exact) mass is 289 g/mol. The SMILES string of the molecule is CCNCc1c(C)nn(CCSc2ccccc2)c1C. The summed E-state index contributed by atoms with van der Waals surface area (Å²) in [5, 5.41) is 8.04. The van der Waals surface area contributed by atoms with E-state index in [1.807, 2.05) is 11.8 Å². The van der Waals surface area contributed by atoms with Crippen molar-refractivity contribution >= 4 is 11.8 Å². The van der Waals surface area contributed by atoms with Crippen LogP contribution in [0.1, 0.15) is 23.9 Å². The zero-order valence-electron chi connectivity index (χ0n) is 12.5. The summed E-state index contributed by atoms with van der Waals surface area (Å²) in [5.41, 5.74) is 3.78. The van der Waals surface area contributed by atoms with Gasteiger partial charge in [-0.25, -0.2) is 0 Å². The molecule has 0 atom stereocenters. The Morgan fingerprint density at radius 2 is 1.95 bits per heavy atom. The average molecular weight is 289 g/mol. The van der Waals surface area contributed by atoms with Crippen molar-refractivity contribution in [3.05, 3.63) is 47.3 Å². The molecule has 0 spiro atoms. The summed E-state index contributed by atoms with van der Waals surface area (Å²) in [6.45, 7) is 9.26. The number of rotatable bonds is 7. The van der Waals surface area contributed by atoms with E-state index in [0.717, 1.165) is 31.1 Å². The van der Waals surface area contributed by atoms with Crippen LogP contribution in [0.2, 0.25) is 0 Å². The van der Waals surface area contributed by atoms with Gasteiger partial charge in [-0.2, -0.15) is 5.10 Å². The lowest BCUT2D eigenvalue weighted by molar-refractivity contribution is 0.637. The van der Waals surface area contributed by atoms with Crippen LogP contribution >= 0.6 is 11.8 Å². The van der Waals surface area contributed by atoms with Crippen LogP contribution < -0.4 is 5.32 Å². The van der Waals surface area contributed by atoms with Crippen LogP contribution in [0.15, 0.2) is 35.2 Å². The second-order valence-electron chi connectivity index (χ2n) is 4.81. The van der Waals surface area contributed by atoms with Crippen molar-refractivity contribution < 1.29 is 0 Å². The zero-order chi connectivity index (χ0) is 14.4. The Morgan fingerprint density at radius 1 is 1.20 bits per heavy atom. The van der Waals surface area contributed by atoms with E-state index < -0.39 is 0 Å². The topological polar surface area (TPSA) is 29.9 Å². The highest BCUT2D eigenvalue weighted by Gasteiger charge is 2.10. The van der Waals surface area contributed by atoms with Gasteiger partial charge in [0.15, 0.2) is 0 Å². The molecule has 0 saturated heterocycles. The van der Waals surface area contributed by atoms with Gasteiger partial charge in [-0.3, -0.25) is 4.68 Å². The maximum Gasteiger partial charge on any atom is 0.0641 e. The minimum Gasteiger partial charge on any atom is -0.313 e. The van der Waals surface area contributed by atoms with Crippen LogP contribution in [0, 0.1) is 13.8 Å². The zero-order valence-corrected chi connectivity index (χ0v) is 13.3. The number of aromatic nitrogens is 2. The van der Waals surface area contributed by atoms with Crippen molar-refractivity contribution in [2.24, 2.45) is 0 Å². The van der Waals surface area contributed by atoms with Gasteiger partial charge in [0, 0.05) is 28.5 Å². The third-order valence-electron chi connectivity index (χ3n) is 3.40. The van der Waals surface area contributed by atoms with E-state index in [9.17, 15) is 0 Å². The predicted molar refractivity (Wildman–Crippen MR) is 86.2 cm³/mol. The Kier molecular flexibility index (Phi) is 5.68. The molecule has 3 nitrogen and oxygen atoms in total. The molecule has 2 rings (SSSR count). The molecule has 1 aromatic heterocycles. The number of hydrogen-bond acceptors (Lipinski definition) is 3. The van der Waals surface area contributed by atoms with Crippen LogP contribution in [0.25, 0.3) is 0 Å². The third kappa shape index (κ3) is 3.87. The first-order chi connectivity index (χ1) is 9.72. The van der Waals surface area contributed by atoms with Crippen LogP contribution in [-0.2, 0) is 13.1 Å². The van der Waals surface area contributed by atoms with Gasteiger partial charge in [0.25, 0.3) is 0 Å². The van der Waals surface area contributed by atoms with Gasteiger partial charge < -0.3 is 5.32 Å². The fraction of sp³-hybridized carbons (Fsp3) is 0.438. The molecule has 20 heavy (non-hydrogen) atoms. The largest absolute Gasteiger partial charge is 0.313 e. The molecule has 0 fully saturated rings. The normalized spacial score (nSPS) is 10.9. The molecule has 4 heteroatoms. The highest BCUT2D eigenvalue weighted by Crippen LogP contribution is 2.18. The summed E-state index contributed by atoms with van der Waals surface area (Å²) in [5.74, 6) is 1.05. The number of nitrogens with one attached hydrogen (secondary N) is 1. The Balaban J connectivity index is 1.93. The lowest BCUT2D eigenvalue weighted by atomic mass is 10.2. The van der Waals surface area contributed by atoms with E-state index in [-0.39, 0.29) is 0 Å². The van der Waals surface area contributed by atoms with Crippen molar-refractivity contribution in [2.45, 2.75) is 38.8 Å². The molecule has 1 heterocycles. The first kappa shape index (κ1) is 15.1. The number of benzene rings is 1. The predicted octanol–water partition coefficient (Wildman–Crippen LogP) is 3.40. The Hall–Kier alpha value is -1.26. The summed E-state index contributed by atoms with van der Waals surface area (Å²) in [4.78, 5) is 1.32. The Morgan fingerprint density at radius 3 is 2.65 bits per heavy atom. The van der Waals surface area contributed by atoms with Gasteiger partial charge in [-0.1, -0.05) is 25.1 Å². The van der Waals surface area contributed by atoms with E-state index in [1.54, 1.807) is 0 Å². The van der Waals surface area contributed by atoms with Gasteiger partial charge in [-0.05, 0) is 32.5 Å². The average Bonchev–Trinajstić information content (AvgIpc) is 2.73. The second-order valence-corrected chi connectivity index (χ2v) is 5.98. The molecule has 1 N–H and O–H groups in total. The molecule has 0 aliphatic carbocycles. The molecule has 0 saturated carbocycles. The summed E-state index contributed by atoms with van der Waals surface area (Å²) in [6.07, 6.45) is 0. The van der Waals surface area contributed by atoms with E-state index in [4.69, 9.17) is 0 Å². The molecule has 1 aromatic carbocycles. The molecule has 108 valence electrons. The van der Waals surface area contributed by atoms with Gasteiger partial charge >= 0.3 is 0 Å². The summed E-state index contributed by atoms with van der Waals surface area (Å²) < 4.78 is 2.14. The smallest absolute Gasteiger partial charge is 0.0641 e. The maximum atomic E-state index is 4.66. The minimum absolute atomic E-state index is 0.917. The molecule has 0 radical (unpaired) electrons. The molecule has 0 amide bonds. The summed E-state index contributed by atoms with van der Waals surface area (Å²) >= 11 is 1.88. The fourth-order valence-electron chi connectivity index (χ4n) is 2.22. The first-order valence-corrected chi connectivity index (χ1v) is 8.12. The third-order valence-corrected chi connectivity index (χ3v) is 4.39. The van der Waals surface area contributed by atoms with Gasteiger partial charge in [0.1, 0.15) is 0 Å². The van der Waals surface area contributed by atoms with Crippen LogP contribution in [0.4, 0.5) is 0 Å². The molecule has 0 bridgehead atoms. The molecular weight excluding hydrogens is 266 g/mol. The second kappa shape index (κ2) is 7.50. The number of hydrogen-bond donors (Lipinski definition) is 1. The van der Waals surface area contributed by atoms with Crippen molar-refractivity contribution in [3.63, 3.8) is 0 Å². The van der Waals surface area contributed by atoms with Crippen molar-refractivity contribution in [3.8, 4) is 0 Å². The highest BCUT2D eigenvalue weighted by atomic mass is 32.2. The van der Waals surface area contributed by atoms with Gasteiger partial charge in [0.2, 0.25) is 0 Å². The fourth-order valence-corrected chi connectivity index (χ4v) is 3.07. The molecule has 0 aliphatic rings. The van der Waals surface area contributed by atoms with E-state index in [2.05, 4.69) is 66.2 Å². The Bertz CT molecular complexity index is 534. The maximum absolute atomic E-state index is 4.66. The lowest BCUT2D eigenvalue weighted by Crippen LogP contribution is -2.13. The molecule has 2 aromatic rings. The van der Waals surface area contributed by atoms with E-state index in [0.29, 0.717) is 0 Å². The number of thioether (sulfide) groups is 1. The first-order valence-electron chi connectivity index (χ1n) is 7.13. The van der Waals surface area contributed by atoms with E-state index >= 15 is 0 Å².